The Morgan fingerprint density at radius 3 is 1.00 bits per heavy atom. The smallest absolute Gasteiger partial charge is 0.116 e. The maximum absolute atomic E-state index is 2.32. The molecule has 0 aliphatic carbocycles. The van der Waals surface area contributed by atoms with E-state index in [4.69, 9.17) is 0 Å². The Labute approximate surface area is 232 Å². The summed E-state index contributed by atoms with van der Waals surface area (Å²) in [6.45, 7) is 0. The van der Waals surface area contributed by atoms with Gasteiger partial charge in [-0.25, -0.2) is 0 Å². The van der Waals surface area contributed by atoms with Gasteiger partial charge in [0, 0.05) is 17.1 Å². The molecule has 0 atom stereocenters. The molecule has 2 heteroatoms. The van der Waals surface area contributed by atoms with Crippen LogP contribution in [-0.4, -0.2) is 0 Å². The summed E-state index contributed by atoms with van der Waals surface area (Å²) < 4.78 is 0. The molecule has 0 amide bonds. The maximum atomic E-state index is 2.32. The van der Waals surface area contributed by atoms with Crippen molar-refractivity contribution in [2.75, 3.05) is 4.90 Å². The average molecular weight is 521 g/mol. The number of para-hydroxylation sites is 2. The number of hydrogen-bond donors (Lipinski definition) is 0. The largest absolute Gasteiger partial charge is 0.311 e. The normalized spacial score (nSPS) is 11.2. The highest BCUT2D eigenvalue weighted by Gasteiger charge is 2.45. The van der Waals surface area contributed by atoms with E-state index in [1.807, 2.05) is 0 Å². The minimum atomic E-state index is -1.94. The van der Waals surface area contributed by atoms with Crippen molar-refractivity contribution in [2.45, 2.75) is 6.16 Å². The van der Waals surface area contributed by atoms with Gasteiger partial charge in [-0.15, -0.1) is 0 Å². The minimum absolute atomic E-state index is 0.960. The van der Waals surface area contributed by atoms with Crippen LogP contribution in [0.1, 0.15) is 5.56 Å². The molecule has 39 heavy (non-hydrogen) atoms. The van der Waals surface area contributed by atoms with E-state index in [-0.39, 0.29) is 0 Å². The number of anilines is 3. The van der Waals surface area contributed by atoms with Crippen LogP contribution in [0.4, 0.5) is 17.1 Å². The van der Waals surface area contributed by atoms with Crippen LogP contribution in [-0.2, 0) is 6.16 Å². The van der Waals surface area contributed by atoms with Crippen LogP contribution < -0.4 is 20.8 Å². The summed E-state index contributed by atoms with van der Waals surface area (Å²) in [5.74, 6) is 0. The maximum Gasteiger partial charge on any atom is 0.116 e. The van der Waals surface area contributed by atoms with E-state index in [0.717, 1.165) is 23.2 Å². The van der Waals surface area contributed by atoms with E-state index in [0.29, 0.717) is 0 Å². The zero-order chi connectivity index (χ0) is 26.3. The Hall–Kier alpha value is -4.45. The van der Waals surface area contributed by atoms with Gasteiger partial charge in [-0.3, -0.25) is 0 Å². The quantitative estimate of drug-likeness (QED) is 0.182. The number of nitrogens with zero attached hydrogens (tertiary/aromatic N) is 1. The zero-order valence-electron chi connectivity index (χ0n) is 21.8. The Bertz CT molecular complexity index is 1450. The van der Waals surface area contributed by atoms with Crippen LogP contribution in [0, 0.1) is 0 Å². The molecule has 0 heterocycles. The summed E-state index contributed by atoms with van der Waals surface area (Å²) in [5, 5.41) is 4.21. The lowest BCUT2D eigenvalue weighted by Crippen LogP contribution is -2.32. The number of rotatable bonds is 8. The van der Waals surface area contributed by atoms with Crippen LogP contribution in [0.2, 0.25) is 0 Å². The van der Waals surface area contributed by atoms with Gasteiger partial charge < -0.3 is 4.90 Å². The molecular formula is C37H31NP+. The molecule has 0 spiro atoms. The highest BCUT2D eigenvalue weighted by molar-refractivity contribution is 7.95. The van der Waals surface area contributed by atoms with Gasteiger partial charge in [0.05, 0.1) is 6.16 Å². The van der Waals surface area contributed by atoms with Gasteiger partial charge in [-0.2, -0.15) is 0 Å². The summed E-state index contributed by atoms with van der Waals surface area (Å²) in [7, 11) is -1.94. The molecule has 0 fully saturated rings. The monoisotopic (exact) mass is 520 g/mol. The fourth-order valence-electron chi connectivity index (χ4n) is 5.39. The standard InChI is InChI=1S/C37H31NP/c1-6-16-32(17-7-1)38(33-18-8-2-9-19-33)34-28-26-31(27-29-34)30-39(35-20-10-3-11-21-35,36-22-12-4-13-23-36)37-24-14-5-15-25-37/h1-29H,30H2/q+1. The van der Waals surface area contributed by atoms with Gasteiger partial charge in [-0.05, 0) is 78.4 Å². The van der Waals surface area contributed by atoms with Crippen molar-refractivity contribution >= 4 is 40.2 Å². The third-order valence-electron chi connectivity index (χ3n) is 7.23. The molecule has 0 bridgehead atoms. The summed E-state index contributed by atoms with van der Waals surface area (Å²) in [5.41, 5.74) is 4.79. The highest BCUT2D eigenvalue weighted by Crippen LogP contribution is 2.58. The van der Waals surface area contributed by atoms with Crippen LogP contribution in [0.15, 0.2) is 176 Å². The zero-order valence-corrected chi connectivity index (χ0v) is 22.7. The molecule has 0 aliphatic heterocycles. The number of hydrogen-bond acceptors (Lipinski definition) is 1. The van der Waals surface area contributed by atoms with Gasteiger partial charge in [0.25, 0.3) is 0 Å². The Balaban J connectivity index is 1.45. The van der Waals surface area contributed by atoms with E-state index in [1.165, 1.54) is 21.5 Å². The SMILES string of the molecule is c1ccc(N(c2ccccc2)c2ccc(C[P+](c3ccccc3)(c3ccccc3)c3ccccc3)cc2)cc1. The van der Waals surface area contributed by atoms with E-state index in [2.05, 4.69) is 181 Å². The lowest BCUT2D eigenvalue weighted by molar-refractivity contribution is 1.27. The third-order valence-corrected chi connectivity index (χ3v) is 11.6. The predicted molar refractivity (Wildman–Crippen MR) is 170 cm³/mol. The predicted octanol–water partition coefficient (Wildman–Crippen LogP) is 8.65. The highest BCUT2D eigenvalue weighted by atomic mass is 31.2. The minimum Gasteiger partial charge on any atom is -0.311 e. The fraction of sp³-hybridized carbons (Fsp3) is 0.0270. The molecule has 0 aliphatic rings. The lowest BCUT2D eigenvalue weighted by Gasteiger charge is -2.28. The summed E-state index contributed by atoms with van der Waals surface area (Å²) in [6, 6.07) is 63.6. The van der Waals surface area contributed by atoms with Gasteiger partial charge >= 0.3 is 0 Å². The van der Waals surface area contributed by atoms with Crippen molar-refractivity contribution < 1.29 is 0 Å². The molecule has 6 aromatic carbocycles. The molecule has 6 aromatic rings. The molecule has 0 radical (unpaired) electrons. The Kier molecular flexibility index (Phi) is 7.34. The van der Waals surface area contributed by atoms with Crippen molar-refractivity contribution in [1.29, 1.82) is 0 Å². The second-order valence-corrected chi connectivity index (χ2v) is 13.1. The van der Waals surface area contributed by atoms with Gasteiger partial charge in [-0.1, -0.05) is 103 Å². The molecule has 0 N–H and O–H groups in total. The van der Waals surface area contributed by atoms with Crippen molar-refractivity contribution in [3.63, 3.8) is 0 Å². The second kappa shape index (κ2) is 11.5. The molecule has 0 saturated carbocycles. The summed E-state index contributed by atoms with van der Waals surface area (Å²) in [4.78, 5) is 2.32. The molecule has 6 rings (SSSR count). The summed E-state index contributed by atoms with van der Waals surface area (Å²) >= 11 is 0. The summed E-state index contributed by atoms with van der Waals surface area (Å²) in [6.07, 6.45) is 0.960. The second-order valence-electron chi connectivity index (χ2n) is 9.65. The Morgan fingerprint density at radius 2 is 0.641 bits per heavy atom. The first-order valence-corrected chi connectivity index (χ1v) is 15.4. The van der Waals surface area contributed by atoms with Crippen molar-refractivity contribution in [2.24, 2.45) is 0 Å². The van der Waals surface area contributed by atoms with Crippen LogP contribution in [0.3, 0.4) is 0 Å². The molecule has 0 saturated heterocycles. The first kappa shape index (κ1) is 24.9. The van der Waals surface area contributed by atoms with E-state index in [1.54, 1.807) is 0 Å². The topological polar surface area (TPSA) is 3.24 Å². The van der Waals surface area contributed by atoms with Crippen LogP contribution in [0.5, 0.6) is 0 Å². The van der Waals surface area contributed by atoms with Crippen LogP contribution >= 0.6 is 7.26 Å². The number of benzene rings is 6. The molecule has 0 unspecified atom stereocenters. The van der Waals surface area contributed by atoms with Crippen molar-refractivity contribution in [3.8, 4) is 0 Å². The van der Waals surface area contributed by atoms with E-state index < -0.39 is 7.26 Å². The third kappa shape index (κ3) is 5.15. The van der Waals surface area contributed by atoms with Crippen LogP contribution in [0.25, 0.3) is 0 Å². The first-order valence-electron chi connectivity index (χ1n) is 13.4. The molecular weight excluding hydrogens is 489 g/mol. The first-order chi connectivity index (χ1) is 19.3. The fourth-order valence-corrected chi connectivity index (χ4v) is 9.64. The Morgan fingerprint density at radius 1 is 0.333 bits per heavy atom. The average Bonchev–Trinajstić information content (AvgIpc) is 3.03. The molecule has 1 nitrogen and oxygen atoms in total. The molecule has 188 valence electrons. The lowest BCUT2D eigenvalue weighted by atomic mass is 10.1. The van der Waals surface area contributed by atoms with E-state index in [9.17, 15) is 0 Å². The van der Waals surface area contributed by atoms with Gasteiger partial charge in [0.2, 0.25) is 0 Å². The van der Waals surface area contributed by atoms with Crippen molar-refractivity contribution in [1.82, 2.24) is 0 Å². The van der Waals surface area contributed by atoms with Gasteiger partial charge in [0.1, 0.15) is 23.2 Å². The van der Waals surface area contributed by atoms with E-state index >= 15 is 0 Å². The van der Waals surface area contributed by atoms with Crippen molar-refractivity contribution in [3.05, 3.63) is 181 Å². The molecule has 0 aromatic heterocycles. The van der Waals surface area contributed by atoms with Gasteiger partial charge in [0.15, 0.2) is 0 Å².